The predicted molar refractivity (Wildman–Crippen MR) is 91.4 cm³/mol. The van der Waals surface area contributed by atoms with Crippen molar-refractivity contribution in [3.63, 3.8) is 0 Å². The minimum absolute atomic E-state index is 0.0149. The largest absolute Gasteiger partial charge is 0.504 e. The second-order valence-electron chi connectivity index (χ2n) is 4.70. The number of para-hydroxylation sites is 1. The first-order chi connectivity index (χ1) is 11.1. The van der Waals surface area contributed by atoms with Crippen molar-refractivity contribution in [2.24, 2.45) is 5.10 Å². The van der Waals surface area contributed by atoms with E-state index in [2.05, 4.69) is 26.0 Å². The number of ether oxygens (including phenoxy) is 1. The number of benzene rings is 2. The van der Waals surface area contributed by atoms with Gasteiger partial charge in [-0.2, -0.15) is 9.78 Å². The molecule has 0 radical (unpaired) electrons. The fourth-order valence-electron chi connectivity index (χ4n) is 2.09. The molecule has 3 aromatic rings. The van der Waals surface area contributed by atoms with E-state index in [4.69, 9.17) is 4.74 Å². The van der Waals surface area contributed by atoms with Gasteiger partial charge in [-0.25, -0.2) is 4.98 Å². The third-order valence-corrected chi connectivity index (χ3v) is 3.95. The Labute approximate surface area is 139 Å². The van der Waals surface area contributed by atoms with Gasteiger partial charge in [0.05, 0.1) is 24.2 Å². The zero-order chi connectivity index (χ0) is 16.4. The fraction of sp³-hybridized carbons (Fsp3) is 0.0625. The molecule has 1 N–H and O–H groups in total. The molecule has 0 aliphatic heterocycles. The van der Waals surface area contributed by atoms with Gasteiger partial charge in [0, 0.05) is 10.0 Å². The van der Waals surface area contributed by atoms with Gasteiger partial charge in [0.25, 0.3) is 5.56 Å². The Morgan fingerprint density at radius 1 is 1.35 bits per heavy atom. The predicted octanol–water partition coefficient (Wildman–Crippen LogP) is 2.76. The van der Waals surface area contributed by atoms with Crippen LogP contribution in [0.2, 0.25) is 0 Å². The molecule has 3 rings (SSSR count). The number of halogens is 1. The van der Waals surface area contributed by atoms with Crippen molar-refractivity contribution in [1.82, 2.24) is 9.66 Å². The summed E-state index contributed by atoms with van der Waals surface area (Å²) in [6, 6.07) is 10.2. The summed E-state index contributed by atoms with van der Waals surface area (Å²) in [4.78, 5) is 16.5. The topological polar surface area (TPSA) is 76.7 Å². The van der Waals surface area contributed by atoms with Gasteiger partial charge >= 0.3 is 0 Å². The molecule has 0 amide bonds. The highest BCUT2D eigenvalue weighted by atomic mass is 79.9. The number of hydrogen-bond acceptors (Lipinski definition) is 5. The first-order valence-corrected chi connectivity index (χ1v) is 7.46. The summed E-state index contributed by atoms with van der Waals surface area (Å²) in [7, 11) is 1.46. The molecule has 6 nitrogen and oxygen atoms in total. The Hall–Kier alpha value is -2.67. The van der Waals surface area contributed by atoms with E-state index in [0.717, 1.165) is 4.68 Å². The zero-order valence-electron chi connectivity index (χ0n) is 12.1. The maximum absolute atomic E-state index is 12.3. The van der Waals surface area contributed by atoms with Crippen molar-refractivity contribution in [2.75, 3.05) is 7.11 Å². The number of hydrogen-bond donors (Lipinski definition) is 1. The van der Waals surface area contributed by atoms with E-state index in [1.165, 1.54) is 25.7 Å². The van der Waals surface area contributed by atoms with Crippen molar-refractivity contribution >= 4 is 33.0 Å². The van der Waals surface area contributed by atoms with E-state index in [1.807, 2.05) is 6.07 Å². The van der Waals surface area contributed by atoms with Crippen LogP contribution in [0, 0.1) is 0 Å². The molecule has 23 heavy (non-hydrogen) atoms. The smallest absolute Gasteiger partial charge is 0.281 e. The van der Waals surface area contributed by atoms with Gasteiger partial charge in [-0.1, -0.05) is 12.1 Å². The highest BCUT2D eigenvalue weighted by molar-refractivity contribution is 9.10. The molecule has 0 fully saturated rings. The number of phenolic OH excluding ortho intramolecular Hbond substituents is 1. The van der Waals surface area contributed by atoms with Crippen molar-refractivity contribution in [3.05, 3.63) is 63.1 Å². The van der Waals surface area contributed by atoms with Crippen LogP contribution in [0.5, 0.6) is 11.5 Å². The fourth-order valence-corrected chi connectivity index (χ4v) is 2.52. The summed E-state index contributed by atoms with van der Waals surface area (Å²) < 4.78 is 6.85. The van der Waals surface area contributed by atoms with Crippen molar-refractivity contribution in [1.29, 1.82) is 0 Å². The summed E-state index contributed by atoms with van der Waals surface area (Å²) in [5.74, 6) is 0.333. The number of phenols is 1. The van der Waals surface area contributed by atoms with E-state index in [-0.39, 0.29) is 11.3 Å². The molecule has 0 bridgehead atoms. The number of fused-ring (bicyclic) bond motifs is 1. The van der Waals surface area contributed by atoms with Crippen LogP contribution >= 0.6 is 15.9 Å². The van der Waals surface area contributed by atoms with Crippen LogP contribution in [0.15, 0.2) is 57.1 Å². The van der Waals surface area contributed by atoms with Crippen molar-refractivity contribution in [2.45, 2.75) is 0 Å². The van der Waals surface area contributed by atoms with E-state index in [1.54, 1.807) is 24.3 Å². The van der Waals surface area contributed by atoms with Gasteiger partial charge in [0.2, 0.25) is 0 Å². The third-order valence-electron chi connectivity index (χ3n) is 3.27. The van der Waals surface area contributed by atoms with E-state index < -0.39 is 0 Å². The maximum atomic E-state index is 12.3. The van der Waals surface area contributed by atoms with E-state index in [0.29, 0.717) is 26.7 Å². The lowest BCUT2D eigenvalue weighted by Crippen LogP contribution is -2.17. The SMILES string of the molecule is COc1cc(/C=N/n2cnc3ccccc3c2=O)c(Br)cc1O. The molecular weight excluding hydrogens is 362 g/mol. The molecule has 7 heteroatoms. The van der Waals surface area contributed by atoms with Gasteiger partial charge in [-0.05, 0) is 40.2 Å². The molecule has 0 atom stereocenters. The lowest BCUT2D eigenvalue weighted by molar-refractivity contribution is 0.373. The molecule has 0 saturated heterocycles. The summed E-state index contributed by atoms with van der Waals surface area (Å²) in [6.45, 7) is 0. The molecule has 2 aromatic carbocycles. The second-order valence-corrected chi connectivity index (χ2v) is 5.56. The molecular formula is C16H12BrN3O3. The first kappa shape index (κ1) is 15.2. The van der Waals surface area contributed by atoms with Crippen LogP contribution < -0.4 is 10.3 Å². The molecule has 0 spiro atoms. The van der Waals surface area contributed by atoms with Crippen LogP contribution in [0.25, 0.3) is 10.9 Å². The normalized spacial score (nSPS) is 11.2. The van der Waals surface area contributed by atoms with E-state index in [9.17, 15) is 9.90 Å². The summed E-state index contributed by atoms with van der Waals surface area (Å²) in [5.41, 5.74) is 1.02. The van der Waals surface area contributed by atoms with Gasteiger partial charge < -0.3 is 9.84 Å². The molecule has 116 valence electrons. The highest BCUT2D eigenvalue weighted by Crippen LogP contribution is 2.31. The number of nitrogens with zero attached hydrogens (tertiary/aromatic N) is 3. The second kappa shape index (κ2) is 6.21. The lowest BCUT2D eigenvalue weighted by atomic mass is 10.2. The number of aromatic hydroxyl groups is 1. The number of rotatable bonds is 3. The van der Waals surface area contributed by atoms with Crippen LogP contribution in [-0.2, 0) is 0 Å². The van der Waals surface area contributed by atoms with Gasteiger partial charge in [0.1, 0.15) is 6.33 Å². The Balaban J connectivity index is 2.04. The lowest BCUT2D eigenvalue weighted by Gasteiger charge is -2.06. The highest BCUT2D eigenvalue weighted by Gasteiger charge is 2.07. The molecule has 1 aromatic heterocycles. The Morgan fingerprint density at radius 2 is 2.13 bits per heavy atom. The van der Waals surface area contributed by atoms with Gasteiger partial charge in [-0.3, -0.25) is 4.79 Å². The zero-order valence-corrected chi connectivity index (χ0v) is 13.7. The van der Waals surface area contributed by atoms with Crippen LogP contribution in [0.4, 0.5) is 0 Å². The summed E-state index contributed by atoms with van der Waals surface area (Å²) >= 11 is 3.33. The average Bonchev–Trinajstić information content (AvgIpc) is 2.56. The summed E-state index contributed by atoms with van der Waals surface area (Å²) in [5, 5.41) is 14.3. The molecule has 1 heterocycles. The summed E-state index contributed by atoms with van der Waals surface area (Å²) in [6.07, 6.45) is 2.86. The molecule has 0 aliphatic carbocycles. The van der Waals surface area contributed by atoms with Crippen molar-refractivity contribution in [3.8, 4) is 11.5 Å². The van der Waals surface area contributed by atoms with Gasteiger partial charge in [0.15, 0.2) is 11.5 Å². The number of aromatic nitrogens is 2. The van der Waals surface area contributed by atoms with Crippen molar-refractivity contribution < 1.29 is 9.84 Å². The first-order valence-electron chi connectivity index (χ1n) is 6.67. The minimum atomic E-state index is -0.256. The minimum Gasteiger partial charge on any atom is -0.504 e. The quantitative estimate of drug-likeness (QED) is 0.716. The molecule has 0 saturated carbocycles. The van der Waals surface area contributed by atoms with Gasteiger partial charge in [-0.15, -0.1) is 0 Å². The standard InChI is InChI=1S/C16H12BrN3O3/c1-23-15-6-10(12(17)7-14(15)21)8-19-20-9-18-13-5-3-2-4-11(13)16(20)22/h2-9,21H,1H3/b19-8+. The van der Waals surface area contributed by atoms with Crippen LogP contribution in [0.1, 0.15) is 5.56 Å². The van der Waals surface area contributed by atoms with Crippen LogP contribution in [0.3, 0.4) is 0 Å². The Kier molecular flexibility index (Phi) is 4.12. The Morgan fingerprint density at radius 3 is 2.91 bits per heavy atom. The average molecular weight is 374 g/mol. The third kappa shape index (κ3) is 2.95. The number of methoxy groups -OCH3 is 1. The monoisotopic (exact) mass is 373 g/mol. The Bertz CT molecular complexity index is 966. The molecule has 0 unspecified atom stereocenters. The maximum Gasteiger partial charge on any atom is 0.281 e. The van der Waals surface area contributed by atoms with Crippen LogP contribution in [-0.4, -0.2) is 28.1 Å². The molecule has 0 aliphatic rings. The van der Waals surface area contributed by atoms with E-state index >= 15 is 0 Å².